The van der Waals surface area contributed by atoms with Crippen LogP contribution in [0.25, 0.3) is 0 Å². The van der Waals surface area contributed by atoms with Crippen LogP contribution in [0.4, 0.5) is 5.69 Å². The van der Waals surface area contributed by atoms with Crippen molar-refractivity contribution in [2.24, 2.45) is 0 Å². The largest absolute Gasteiger partial charge is 0.467 e. The summed E-state index contributed by atoms with van der Waals surface area (Å²) < 4.78 is 4.99. The normalized spacial score (nSPS) is 18.1. The summed E-state index contributed by atoms with van der Waals surface area (Å²) in [7, 11) is 1.46. The Morgan fingerprint density at radius 3 is 2.61 bits per heavy atom. The summed E-state index contributed by atoms with van der Waals surface area (Å²) in [6.45, 7) is 2.05. The van der Waals surface area contributed by atoms with E-state index in [4.69, 9.17) is 4.74 Å². The zero-order valence-electron chi connectivity index (χ0n) is 10.9. The molecule has 1 aromatic rings. The number of methoxy groups -OCH3 is 1. The van der Waals surface area contributed by atoms with Crippen molar-refractivity contribution in [2.45, 2.75) is 25.3 Å². The number of rotatable bonds is 3. The van der Waals surface area contributed by atoms with Gasteiger partial charge < -0.3 is 10.1 Å². The molecule has 1 heterocycles. The molecule has 0 unspecified atom stereocenters. The van der Waals surface area contributed by atoms with Crippen molar-refractivity contribution in [3.8, 4) is 0 Å². The van der Waals surface area contributed by atoms with Gasteiger partial charge in [0.15, 0.2) is 0 Å². The van der Waals surface area contributed by atoms with Gasteiger partial charge in [-0.25, -0.2) is 4.79 Å². The summed E-state index contributed by atoms with van der Waals surface area (Å²) in [5.74, 6) is 1.84. The second-order valence-corrected chi connectivity index (χ2v) is 5.85. The molecule has 1 aliphatic heterocycles. The highest BCUT2D eigenvalue weighted by atomic mass is 32.2. The van der Waals surface area contributed by atoms with Crippen LogP contribution in [-0.4, -0.2) is 30.1 Å². The van der Waals surface area contributed by atoms with Gasteiger partial charge in [-0.3, -0.25) is 0 Å². The lowest BCUT2D eigenvalue weighted by atomic mass is 9.91. The monoisotopic (exact) mass is 265 g/mol. The number of thioether (sulfide) groups is 1. The number of nitrogens with one attached hydrogen (secondary N) is 1. The van der Waals surface area contributed by atoms with Crippen LogP contribution < -0.4 is 5.32 Å². The fourth-order valence-corrected chi connectivity index (χ4v) is 3.46. The van der Waals surface area contributed by atoms with Crippen molar-refractivity contribution >= 4 is 23.4 Å². The number of carbonyl (C=O) groups excluding carboxylic acids is 1. The van der Waals surface area contributed by atoms with E-state index in [1.165, 1.54) is 7.11 Å². The molecule has 4 heteroatoms. The molecule has 98 valence electrons. The smallest absolute Gasteiger partial charge is 0.331 e. The summed E-state index contributed by atoms with van der Waals surface area (Å²) in [6.07, 6.45) is 1.64. The third kappa shape index (κ3) is 2.64. The maximum atomic E-state index is 12.1. The highest BCUT2D eigenvalue weighted by Gasteiger charge is 2.41. The van der Waals surface area contributed by atoms with Gasteiger partial charge >= 0.3 is 5.97 Å². The number of aryl methyl sites for hydroxylation is 1. The Balaban J connectivity index is 2.25. The maximum Gasteiger partial charge on any atom is 0.331 e. The summed E-state index contributed by atoms with van der Waals surface area (Å²) in [5.41, 5.74) is 1.63. The Morgan fingerprint density at radius 2 is 2.00 bits per heavy atom. The first-order valence-corrected chi connectivity index (χ1v) is 7.33. The third-order valence-corrected chi connectivity index (χ3v) is 4.43. The number of hydrogen-bond donors (Lipinski definition) is 1. The van der Waals surface area contributed by atoms with Gasteiger partial charge in [0.05, 0.1) is 7.11 Å². The van der Waals surface area contributed by atoms with E-state index in [-0.39, 0.29) is 5.97 Å². The number of carbonyl (C=O) groups is 1. The van der Waals surface area contributed by atoms with E-state index in [9.17, 15) is 4.79 Å². The van der Waals surface area contributed by atoms with Gasteiger partial charge in [0.1, 0.15) is 5.54 Å². The molecule has 0 atom stereocenters. The molecule has 1 aliphatic rings. The first kappa shape index (κ1) is 13.3. The summed E-state index contributed by atoms with van der Waals surface area (Å²) in [6, 6.07) is 8.05. The Morgan fingerprint density at radius 1 is 1.33 bits per heavy atom. The van der Waals surface area contributed by atoms with Crippen molar-refractivity contribution in [3.05, 3.63) is 29.8 Å². The van der Waals surface area contributed by atoms with Crippen LogP contribution in [0.3, 0.4) is 0 Å². The van der Waals surface area contributed by atoms with Gasteiger partial charge in [0.25, 0.3) is 0 Å². The minimum Gasteiger partial charge on any atom is -0.467 e. The predicted molar refractivity (Wildman–Crippen MR) is 76.1 cm³/mol. The summed E-state index contributed by atoms with van der Waals surface area (Å²) in [4.78, 5) is 12.1. The maximum absolute atomic E-state index is 12.1. The molecule has 1 saturated heterocycles. The minimum absolute atomic E-state index is 0.147. The standard InChI is InChI=1S/C14H19NO2S/c1-11-5-3-4-6-12(11)15-14(13(16)17-2)7-9-18-10-8-14/h3-6,15H,7-10H2,1-2H3. The number of para-hydroxylation sites is 1. The molecule has 2 rings (SSSR count). The lowest BCUT2D eigenvalue weighted by Gasteiger charge is -2.36. The molecule has 0 aromatic heterocycles. The first-order chi connectivity index (χ1) is 8.68. The summed E-state index contributed by atoms with van der Waals surface area (Å²) >= 11 is 1.89. The van der Waals surface area contributed by atoms with Gasteiger partial charge in [-0.1, -0.05) is 18.2 Å². The number of benzene rings is 1. The van der Waals surface area contributed by atoms with E-state index in [2.05, 4.69) is 5.32 Å². The quantitative estimate of drug-likeness (QED) is 0.853. The van der Waals surface area contributed by atoms with Crippen LogP contribution >= 0.6 is 11.8 Å². The molecule has 1 aromatic carbocycles. The molecule has 1 fully saturated rings. The second kappa shape index (κ2) is 5.65. The number of hydrogen-bond acceptors (Lipinski definition) is 4. The molecule has 0 saturated carbocycles. The Bertz CT molecular complexity index is 428. The van der Waals surface area contributed by atoms with Gasteiger partial charge in [-0.15, -0.1) is 0 Å². The van der Waals surface area contributed by atoms with Crippen LogP contribution in [0.15, 0.2) is 24.3 Å². The third-order valence-electron chi connectivity index (χ3n) is 3.44. The van der Waals surface area contributed by atoms with E-state index in [0.29, 0.717) is 0 Å². The lowest BCUT2D eigenvalue weighted by molar-refractivity contribution is -0.146. The predicted octanol–water partition coefficient (Wildman–Crippen LogP) is 2.85. The van der Waals surface area contributed by atoms with E-state index in [1.54, 1.807) is 0 Å². The zero-order chi connectivity index (χ0) is 13.0. The van der Waals surface area contributed by atoms with Crippen molar-refractivity contribution < 1.29 is 9.53 Å². The molecular weight excluding hydrogens is 246 g/mol. The fraction of sp³-hybridized carbons (Fsp3) is 0.500. The first-order valence-electron chi connectivity index (χ1n) is 6.18. The molecule has 18 heavy (non-hydrogen) atoms. The number of esters is 1. The Kier molecular flexibility index (Phi) is 4.17. The zero-order valence-corrected chi connectivity index (χ0v) is 11.7. The molecule has 0 amide bonds. The summed E-state index contributed by atoms with van der Waals surface area (Å²) in [5, 5.41) is 3.43. The molecule has 1 N–H and O–H groups in total. The number of ether oxygens (including phenoxy) is 1. The van der Waals surface area contributed by atoms with Crippen LogP contribution in [-0.2, 0) is 9.53 Å². The van der Waals surface area contributed by atoms with E-state index < -0.39 is 5.54 Å². The molecule has 0 spiro atoms. The van der Waals surface area contributed by atoms with Gasteiger partial charge in [0.2, 0.25) is 0 Å². The average molecular weight is 265 g/mol. The van der Waals surface area contributed by atoms with E-state index in [0.717, 1.165) is 35.6 Å². The lowest BCUT2D eigenvalue weighted by Crippen LogP contribution is -2.50. The van der Waals surface area contributed by atoms with E-state index in [1.807, 2.05) is 43.0 Å². The SMILES string of the molecule is COC(=O)C1(Nc2ccccc2C)CCSCC1. The molecule has 0 bridgehead atoms. The molecule has 3 nitrogen and oxygen atoms in total. The Labute approximate surface area is 112 Å². The van der Waals surface area contributed by atoms with Crippen molar-refractivity contribution in [2.75, 3.05) is 23.9 Å². The van der Waals surface area contributed by atoms with Gasteiger partial charge in [0, 0.05) is 5.69 Å². The number of anilines is 1. The second-order valence-electron chi connectivity index (χ2n) is 4.63. The van der Waals surface area contributed by atoms with Crippen LogP contribution in [0.2, 0.25) is 0 Å². The molecule has 0 radical (unpaired) electrons. The highest BCUT2D eigenvalue weighted by Crippen LogP contribution is 2.32. The van der Waals surface area contributed by atoms with Crippen molar-refractivity contribution in [1.29, 1.82) is 0 Å². The fourth-order valence-electron chi connectivity index (χ4n) is 2.27. The van der Waals surface area contributed by atoms with E-state index >= 15 is 0 Å². The topological polar surface area (TPSA) is 38.3 Å². The van der Waals surface area contributed by atoms with Crippen LogP contribution in [0.5, 0.6) is 0 Å². The minimum atomic E-state index is -0.549. The molecule has 0 aliphatic carbocycles. The average Bonchev–Trinajstić information content (AvgIpc) is 2.41. The molecular formula is C14H19NO2S. The highest BCUT2D eigenvalue weighted by molar-refractivity contribution is 7.99. The van der Waals surface area contributed by atoms with Gasteiger partial charge in [-0.05, 0) is 42.9 Å². The van der Waals surface area contributed by atoms with Crippen molar-refractivity contribution in [3.63, 3.8) is 0 Å². The van der Waals surface area contributed by atoms with Gasteiger partial charge in [-0.2, -0.15) is 11.8 Å². The van der Waals surface area contributed by atoms with Crippen molar-refractivity contribution in [1.82, 2.24) is 0 Å². The van der Waals surface area contributed by atoms with Crippen LogP contribution in [0.1, 0.15) is 18.4 Å². The Hall–Kier alpha value is -1.16. The van der Waals surface area contributed by atoms with Crippen LogP contribution in [0, 0.1) is 6.92 Å².